The number of morpholine rings is 1. The SMILES string of the molecule is CN=C(NCC(=O)N1CCCC1)N1CCOC(c2cnn(C)c2)C1. The van der Waals surface area contributed by atoms with E-state index in [2.05, 4.69) is 20.3 Å². The fraction of sp³-hybridized carbons (Fsp3) is 0.688. The van der Waals surface area contributed by atoms with Gasteiger partial charge in [-0.2, -0.15) is 5.10 Å². The van der Waals surface area contributed by atoms with Gasteiger partial charge in [0.2, 0.25) is 5.91 Å². The molecule has 2 saturated heterocycles. The quantitative estimate of drug-likeness (QED) is 0.622. The smallest absolute Gasteiger partial charge is 0.241 e. The standard InChI is InChI=1S/C16H26N6O2/c1-17-16(18-10-15(23)21-5-3-4-6-21)22-7-8-24-14(12-22)13-9-19-20(2)11-13/h9,11,14H,3-8,10,12H2,1-2H3,(H,17,18). The highest BCUT2D eigenvalue weighted by atomic mass is 16.5. The molecule has 8 nitrogen and oxygen atoms in total. The summed E-state index contributed by atoms with van der Waals surface area (Å²) in [6.07, 6.45) is 6.00. The summed E-state index contributed by atoms with van der Waals surface area (Å²) in [6, 6.07) is 0. The van der Waals surface area contributed by atoms with E-state index in [1.54, 1.807) is 11.7 Å². The molecule has 2 aliphatic heterocycles. The number of nitrogens with zero attached hydrogens (tertiary/aromatic N) is 5. The van der Waals surface area contributed by atoms with Gasteiger partial charge in [0.15, 0.2) is 5.96 Å². The van der Waals surface area contributed by atoms with E-state index in [0.717, 1.165) is 44.0 Å². The number of carbonyl (C=O) groups excluding carboxylic acids is 1. The number of hydrogen-bond donors (Lipinski definition) is 1. The van der Waals surface area contributed by atoms with Crippen LogP contribution in [0.1, 0.15) is 24.5 Å². The summed E-state index contributed by atoms with van der Waals surface area (Å²) in [5.74, 6) is 0.894. The van der Waals surface area contributed by atoms with Crippen LogP contribution < -0.4 is 5.32 Å². The van der Waals surface area contributed by atoms with E-state index in [1.807, 2.05) is 24.3 Å². The average Bonchev–Trinajstić information content (AvgIpc) is 3.27. The van der Waals surface area contributed by atoms with Gasteiger partial charge in [-0.25, -0.2) is 0 Å². The van der Waals surface area contributed by atoms with Crippen molar-refractivity contribution in [1.29, 1.82) is 0 Å². The van der Waals surface area contributed by atoms with Crippen LogP contribution in [0.3, 0.4) is 0 Å². The molecule has 1 N–H and O–H groups in total. The number of hydrogen-bond acceptors (Lipinski definition) is 4. The van der Waals surface area contributed by atoms with Gasteiger partial charge >= 0.3 is 0 Å². The molecule has 1 atom stereocenters. The number of amides is 1. The Balaban J connectivity index is 1.55. The molecule has 2 fully saturated rings. The lowest BCUT2D eigenvalue weighted by Gasteiger charge is -2.34. The summed E-state index contributed by atoms with van der Waals surface area (Å²) < 4.78 is 7.63. The van der Waals surface area contributed by atoms with E-state index in [-0.39, 0.29) is 12.0 Å². The molecule has 0 bridgehead atoms. The maximum Gasteiger partial charge on any atom is 0.241 e. The lowest BCUT2D eigenvalue weighted by atomic mass is 10.1. The van der Waals surface area contributed by atoms with Gasteiger partial charge in [0.1, 0.15) is 6.10 Å². The van der Waals surface area contributed by atoms with E-state index >= 15 is 0 Å². The van der Waals surface area contributed by atoms with Crippen LogP contribution in [-0.2, 0) is 16.6 Å². The molecule has 0 radical (unpaired) electrons. The third-order valence-corrected chi connectivity index (χ3v) is 4.53. The fourth-order valence-electron chi connectivity index (χ4n) is 3.22. The Kier molecular flexibility index (Phi) is 5.34. The van der Waals surface area contributed by atoms with Crippen molar-refractivity contribution in [2.75, 3.05) is 46.4 Å². The van der Waals surface area contributed by atoms with Crippen molar-refractivity contribution in [3.05, 3.63) is 18.0 Å². The topological polar surface area (TPSA) is 75.0 Å². The number of nitrogens with one attached hydrogen (secondary N) is 1. The molecule has 1 aromatic rings. The molecular weight excluding hydrogens is 308 g/mol. The molecule has 1 aromatic heterocycles. The number of aromatic nitrogens is 2. The third-order valence-electron chi connectivity index (χ3n) is 4.53. The van der Waals surface area contributed by atoms with Crippen LogP contribution in [0.5, 0.6) is 0 Å². The normalized spacial score (nSPS) is 22.1. The van der Waals surface area contributed by atoms with Crippen molar-refractivity contribution >= 4 is 11.9 Å². The Bertz CT molecular complexity index is 593. The van der Waals surface area contributed by atoms with Crippen molar-refractivity contribution in [1.82, 2.24) is 24.9 Å². The molecule has 24 heavy (non-hydrogen) atoms. The van der Waals surface area contributed by atoms with Gasteiger partial charge < -0.3 is 19.9 Å². The molecule has 2 aliphatic rings. The molecule has 132 valence electrons. The predicted molar refractivity (Wildman–Crippen MR) is 90.6 cm³/mol. The zero-order valence-corrected chi connectivity index (χ0v) is 14.4. The minimum atomic E-state index is -0.0275. The molecule has 0 spiro atoms. The van der Waals surface area contributed by atoms with Crippen LogP contribution in [0, 0.1) is 0 Å². The van der Waals surface area contributed by atoms with Gasteiger partial charge in [0.25, 0.3) is 0 Å². The minimum absolute atomic E-state index is 0.0275. The minimum Gasteiger partial charge on any atom is -0.370 e. The summed E-state index contributed by atoms with van der Waals surface area (Å²) in [4.78, 5) is 20.6. The van der Waals surface area contributed by atoms with Crippen LogP contribution in [0.15, 0.2) is 17.4 Å². The molecular formula is C16H26N6O2. The predicted octanol–water partition coefficient (Wildman–Crippen LogP) is -0.00880. The van der Waals surface area contributed by atoms with Crippen LogP contribution in [0.25, 0.3) is 0 Å². The highest BCUT2D eigenvalue weighted by Gasteiger charge is 2.26. The van der Waals surface area contributed by atoms with Crippen molar-refractivity contribution in [2.24, 2.45) is 12.0 Å². The maximum atomic E-state index is 12.2. The Morgan fingerprint density at radius 2 is 2.17 bits per heavy atom. The van der Waals surface area contributed by atoms with E-state index in [0.29, 0.717) is 19.7 Å². The van der Waals surface area contributed by atoms with E-state index in [4.69, 9.17) is 4.74 Å². The molecule has 1 unspecified atom stereocenters. The second kappa shape index (κ2) is 7.65. The number of rotatable bonds is 3. The second-order valence-corrected chi connectivity index (χ2v) is 6.24. The molecule has 3 heterocycles. The first kappa shape index (κ1) is 16.8. The third kappa shape index (κ3) is 3.87. The number of guanidine groups is 1. The highest BCUT2D eigenvalue weighted by molar-refractivity contribution is 5.86. The molecule has 1 amide bonds. The number of aliphatic imine (C=N–C) groups is 1. The Morgan fingerprint density at radius 3 is 2.83 bits per heavy atom. The summed E-state index contributed by atoms with van der Waals surface area (Å²) in [6.45, 7) is 4.12. The number of ether oxygens (including phenoxy) is 1. The molecule has 0 saturated carbocycles. The van der Waals surface area contributed by atoms with Gasteiger partial charge in [0.05, 0.1) is 25.9 Å². The monoisotopic (exact) mass is 334 g/mol. The number of aryl methyl sites for hydroxylation is 1. The lowest BCUT2D eigenvalue weighted by Crippen LogP contribution is -2.50. The first-order chi connectivity index (χ1) is 11.7. The van der Waals surface area contributed by atoms with Gasteiger partial charge in [-0.05, 0) is 12.8 Å². The Labute approximate surface area is 142 Å². The lowest BCUT2D eigenvalue weighted by molar-refractivity contribution is -0.128. The Hall–Kier alpha value is -2.09. The van der Waals surface area contributed by atoms with Crippen LogP contribution in [0.2, 0.25) is 0 Å². The van der Waals surface area contributed by atoms with E-state index < -0.39 is 0 Å². The summed E-state index contributed by atoms with van der Waals surface area (Å²) in [5, 5.41) is 7.41. The van der Waals surface area contributed by atoms with Crippen LogP contribution >= 0.6 is 0 Å². The highest BCUT2D eigenvalue weighted by Crippen LogP contribution is 2.21. The van der Waals surface area contributed by atoms with Gasteiger partial charge in [-0.1, -0.05) is 0 Å². The molecule has 0 aliphatic carbocycles. The van der Waals surface area contributed by atoms with Gasteiger partial charge in [-0.3, -0.25) is 14.5 Å². The summed E-state index contributed by atoms with van der Waals surface area (Å²) >= 11 is 0. The van der Waals surface area contributed by atoms with E-state index in [9.17, 15) is 4.79 Å². The molecule has 0 aromatic carbocycles. The van der Waals surface area contributed by atoms with Gasteiger partial charge in [0, 0.05) is 45.5 Å². The molecule has 8 heteroatoms. The average molecular weight is 334 g/mol. The van der Waals surface area contributed by atoms with Crippen molar-refractivity contribution < 1.29 is 9.53 Å². The number of likely N-dealkylation sites (tertiary alicyclic amines) is 1. The summed E-state index contributed by atoms with van der Waals surface area (Å²) in [7, 11) is 3.64. The van der Waals surface area contributed by atoms with Crippen molar-refractivity contribution in [2.45, 2.75) is 18.9 Å². The number of carbonyl (C=O) groups is 1. The van der Waals surface area contributed by atoms with E-state index in [1.165, 1.54) is 0 Å². The largest absolute Gasteiger partial charge is 0.370 e. The van der Waals surface area contributed by atoms with Gasteiger partial charge in [-0.15, -0.1) is 0 Å². The van der Waals surface area contributed by atoms with Crippen LogP contribution in [-0.4, -0.2) is 77.8 Å². The van der Waals surface area contributed by atoms with Crippen LogP contribution in [0.4, 0.5) is 0 Å². The fourth-order valence-corrected chi connectivity index (χ4v) is 3.22. The van der Waals surface area contributed by atoms with Crippen molar-refractivity contribution in [3.8, 4) is 0 Å². The first-order valence-corrected chi connectivity index (χ1v) is 8.51. The zero-order valence-electron chi connectivity index (χ0n) is 14.4. The molecule has 3 rings (SSSR count). The Morgan fingerprint density at radius 1 is 1.38 bits per heavy atom. The second-order valence-electron chi connectivity index (χ2n) is 6.24. The zero-order chi connectivity index (χ0) is 16.9. The first-order valence-electron chi connectivity index (χ1n) is 8.51. The van der Waals surface area contributed by atoms with Crippen molar-refractivity contribution in [3.63, 3.8) is 0 Å². The summed E-state index contributed by atoms with van der Waals surface area (Å²) in [5.41, 5.74) is 1.06. The maximum absolute atomic E-state index is 12.2.